The molecule has 22 heavy (non-hydrogen) atoms. The Morgan fingerprint density at radius 2 is 2.27 bits per heavy atom. The monoisotopic (exact) mass is 316 g/mol. The molecule has 2 heterocycles. The van der Waals surface area contributed by atoms with Crippen molar-refractivity contribution >= 4 is 17.3 Å². The Bertz CT molecular complexity index is 675. The summed E-state index contributed by atoms with van der Waals surface area (Å²) in [6.07, 6.45) is 3.65. The van der Waals surface area contributed by atoms with Crippen molar-refractivity contribution in [2.75, 3.05) is 13.7 Å². The lowest BCUT2D eigenvalue weighted by Gasteiger charge is -2.21. The summed E-state index contributed by atoms with van der Waals surface area (Å²) in [5, 5.41) is 4.69. The van der Waals surface area contributed by atoms with Gasteiger partial charge in [-0.05, 0) is 38.4 Å². The number of methoxy groups -OCH3 is 1. The van der Waals surface area contributed by atoms with Crippen molar-refractivity contribution in [2.24, 2.45) is 0 Å². The van der Waals surface area contributed by atoms with Crippen molar-refractivity contribution < 1.29 is 9.53 Å². The lowest BCUT2D eigenvalue weighted by Crippen LogP contribution is -2.26. The highest BCUT2D eigenvalue weighted by Crippen LogP contribution is 2.33. The quantitative estimate of drug-likeness (QED) is 0.877. The summed E-state index contributed by atoms with van der Waals surface area (Å²) in [6, 6.07) is 7.85. The van der Waals surface area contributed by atoms with E-state index in [1.54, 1.807) is 17.4 Å². The van der Waals surface area contributed by atoms with Gasteiger partial charge in [0.05, 0.1) is 24.4 Å². The van der Waals surface area contributed by atoms with Crippen LogP contribution in [0, 0.1) is 6.92 Å². The van der Waals surface area contributed by atoms with Gasteiger partial charge in [-0.15, -0.1) is 11.3 Å². The van der Waals surface area contributed by atoms with Crippen LogP contribution in [0.25, 0.3) is 11.3 Å². The minimum absolute atomic E-state index is 0.316. The molecule has 1 aliphatic heterocycles. The number of nitrogens with one attached hydrogen (secondary N) is 1. The standard InChI is InChI=1S/C17H20N2O2S/c1-11-15(12-6-5-7-13(10-12)17(20)21-2)19-16(22-11)14-8-3-4-9-18-14/h5-7,10,14,18H,3-4,8-9H2,1-2H3. The summed E-state index contributed by atoms with van der Waals surface area (Å²) in [6.45, 7) is 3.15. The fourth-order valence-electron chi connectivity index (χ4n) is 2.81. The van der Waals surface area contributed by atoms with Gasteiger partial charge in [-0.2, -0.15) is 0 Å². The highest BCUT2D eigenvalue weighted by atomic mass is 32.1. The molecule has 0 bridgehead atoms. The molecule has 1 aromatic carbocycles. The second kappa shape index (κ2) is 6.58. The van der Waals surface area contributed by atoms with E-state index in [-0.39, 0.29) is 5.97 Å². The van der Waals surface area contributed by atoms with Gasteiger partial charge in [0.1, 0.15) is 5.01 Å². The number of aryl methyl sites for hydroxylation is 1. The molecule has 1 aromatic heterocycles. The normalized spacial score (nSPS) is 18.2. The van der Waals surface area contributed by atoms with Gasteiger partial charge in [0.15, 0.2) is 0 Å². The fraction of sp³-hybridized carbons (Fsp3) is 0.412. The molecule has 2 aromatic rings. The van der Waals surface area contributed by atoms with Crippen LogP contribution in [0.3, 0.4) is 0 Å². The van der Waals surface area contributed by atoms with Gasteiger partial charge in [0.2, 0.25) is 0 Å². The molecule has 4 nitrogen and oxygen atoms in total. The highest BCUT2D eigenvalue weighted by molar-refractivity contribution is 7.12. The van der Waals surface area contributed by atoms with Gasteiger partial charge in [-0.1, -0.05) is 18.6 Å². The summed E-state index contributed by atoms with van der Waals surface area (Å²) >= 11 is 1.75. The number of aromatic nitrogens is 1. The van der Waals surface area contributed by atoms with Crippen LogP contribution < -0.4 is 5.32 Å². The van der Waals surface area contributed by atoms with E-state index in [0.29, 0.717) is 11.6 Å². The number of carbonyl (C=O) groups excluding carboxylic acids is 1. The van der Waals surface area contributed by atoms with E-state index in [2.05, 4.69) is 12.2 Å². The Kier molecular flexibility index (Phi) is 4.55. The molecule has 3 rings (SSSR count). The average molecular weight is 316 g/mol. The SMILES string of the molecule is COC(=O)c1cccc(-c2nc(C3CCCCN3)sc2C)c1. The number of esters is 1. The number of carbonyl (C=O) groups is 1. The number of piperidine rings is 1. The molecule has 0 aliphatic carbocycles. The number of hydrogen-bond acceptors (Lipinski definition) is 5. The minimum atomic E-state index is -0.316. The van der Waals surface area contributed by atoms with Crippen molar-refractivity contribution in [3.63, 3.8) is 0 Å². The Morgan fingerprint density at radius 1 is 1.41 bits per heavy atom. The number of hydrogen-bond donors (Lipinski definition) is 1. The fourth-order valence-corrected chi connectivity index (χ4v) is 3.86. The zero-order chi connectivity index (χ0) is 15.5. The van der Waals surface area contributed by atoms with Crippen LogP contribution in [0.4, 0.5) is 0 Å². The molecule has 1 atom stereocenters. The number of thiazole rings is 1. The summed E-state index contributed by atoms with van der Waals surface area (Å²) in [5.74, 6) is -0.316. The largest absolute Gasteiger partial charge is 0.465 e. The van der Waals surface area contributed by atoms with Gasteiger partial charge < -0.3 is 10.1 Å². The molecule has 0 spiro atoms. The van der Waals surface area contributed by atoms with Crippen LogP contribution in [0.2, 0.25) is 0 Å². The minimum Gasteiger partial charge on any atom is -0.465 e. The number of ether oxygens (including phenoxy) is 1. The maximum atomic E-state index is 11.7. The van der Waals surface area contributed by atoms with E-state index in [0.717, 1.165) is 29.2 Å². The van der Waals surface area contributed by atoms with E-state index in [9.17, 15) is 4.79 Å². The summed E-state index contributed by atoms with van der Waals surface area (Å²) in [4.78, 5) is 17.7. The first-order valence-electron chi connectivity index (χ1n) is 7.58. The predicted octanol–water partition coefficient (Wildman–Crippen LogP) is 3.72. The molecule has 0 saturated carbocycles. The Morgan fingerprint density at radius 3 is 3.00 bits per heavy atom. The molecule has 1 aliphatic rings. The van der Waals surface area contributed by atoms with Crippen molar-refractivity contribution in [1.82, 2.24) is 10.3 Å². The lowest BCUT2D eigenvalue weighted by atomic mass is 10.1. The third-order valence-electron chi connectivity index (χ3n) is 3.98. The third-order valence-corrected chi connectivity index (χ3v) is 5.06. The number of benzene rings is 1. The molecule has 1 saturated heterocycles. The molecule has 5 heteroatoms. The van der Waals surface area contributed by atoms with Crippen LogP contribution in [-0.4, -0.2) is 24.6 Å². The zero-order valence-electron chi connectivity index (χ0n) is 12.9. The lowest BCUT2D eigenvalue weighted by molar-refractivity contribution is 0.0601. The smallest absolute Gasteiger partial charge is 0.337 e. The number of nitrogens with zero attached hydrogens (tertiary/aromatic N) is 1. The molecular weight excluding hydrogens is 296 g/mol. The first-order valence-corrected chi connectivity index (χ1v) is 8.40. The molecule has 1 fully saturated rings. The Labute approximate surface area is 134 Å². The highest BCUT2D eigenvalue weighted by Gasteiger charge is 2.20. The van der Waals surface area contributed by atoms with E-state index < -0.39 is 0 Å². The van der Waals surface area contributed by atoms with Crippen molar-refractivity contribution in [3.05, 3.63) is 39.7 Å². The van der Waals surface area contributed by atoms with E-state index in [1.807, 2.05) is 18.2 Å². The van der Waals surface area contributed by atoms with Crippen LogP contribution in [0.5, 0.6) is 0 Å². The summed E-state index contributed by atoms with van der Waals surface area (Å²) < 4.78 is 4.79. The van der Waals surface area contributed by atoms with Gasteiger partial charge in [0.25, 0.3) is 0 Å². The molecular formula is C17H20N2O2S. The maximum absolute atomic E-state index is 11.7. The van der Waals surface area contributed by atoms with Gasteiger partial charge >= 0.3 is 5.97 Å². The van der Waals surface area contributed by atoms with Crippen molar-refractivity contribution in [1.29, 1.82) is 0 Å². The average Bonchev–Trinajstić information content (AvgIpc) is 2.97. The van der Waals surface area contributed by atoms with Crippen molar-refractivity contribution in [3.8, 4) is 11.3 Å². The summed E-state index contributed by atoms with van der Waals surface area (Å²) in [7, 11) is 1.40. The van der Waals surface area contributed by atoms with E-state index in [1.165, 1.54) is 24.8 Å². The van der Waals surface area contributed by atoms with Crippen LogP contribution >= 0.6 is 11.3 Å². The van der Waals surface area contributed by atoms with Crippen molar-refractivity contribution in [2.45, 2.75) is 32.2 Å². The van der Waals surface area contributed by atoms with Gasteiger partial charge in [0, 0.05) is 10.4 Å². The third kappa shape index (κ3) is 3.05. The van der Waals surface area contributed by atoms with E-state index >= 15 is 0 Å². The molecule has 116 valence electrons. The molecule has 0 amide bonds. The van der Waals surface area contributed by atoms with Crippen LogP contribution in [-0.2, 0) is 4.74 Å². The van der Waals surface area contributed by atoms with Gasteiger partial charge in [-0.3, -0.25) is 0 Å². The first kappa shape index (κ1) is 15.2. The molecule has 1 N–H and O–H groups in total. The second-order valence-electron chi connectivity index (χ2n) is 5.53. The van der Waals surface area contributed by atoms with Gasteiger partial charge in [-0.25, -0.2) is 9.78 Å². The Hall–Kier alpha value is -1.72. The predicted molar refractivity (Wildman–Crippen MR) is 88.2 cm³/mol. The van der Waals surface area contributed by atoms with E-state index in [4.69, 9.17) is 9.72 Å². The molecule has 1 unspecified atom stereocenters. The summed E-state index contributed by atoms with van der Waals surface area (Å²) in [5.41, 5.74) is 2.50. The second-order valence-corrected chi connectivity index (χ2v) is 6.77. The van der Waals surface area contributed by atoms with Crippen LogP contribution in [0.15, 0.2) is 24.3 Å². The van der Waals surface area contributed by atoms with Crippen LogP contribution in [0.1, 0.15) is 45.5 Å². The maximum Gasteiger partial charge on any atom is 0.337 e. The first-order chi connectivity index (χ1) is 10.7. The Balaban J connectivity index is 1.91. The zero-order valence-corrected chi connectivity index (χ0v) is 13.7. The topological polar surface area (TPSA) is 51.2 Å². The number of rotatable bonds is 3. The molecule has 0 radical (unpaired) electrons.